The van der Waals surface area contributed by atoms with E-state index in [0.717, 1.165) is 12.8 Å². The average molecular weight is 227 g/mol. The zero-order valence-corrected chi connectivity index (χ0v) is 10.5. The van der Waals surface area contributed by atoms with Gasteiger partial charge in [0, 0.05) is 11.5 Å². The summed E-state index contributed by atoms with van der Waals surface area (Å²) in [5.74, 6) is -0.436. The molecule has 0 aliphatic carbocycles. The van der Waals surface area contributed by atoms with Gasteiger partial charge in [0.1, 0.15) is 0 Å². The molecule has 1 N–H and O–H groups in total. The molecule has 2 atom stereocenters. The van der Waals surface area contributed by atoms with Crippen LogP contribution in [-0.4, -0.2) is 24.5 Å². The molecule has 1 saturated heterocycles. The quantitative estimate of drug-likeness (QED) is 0.743. The highest BCUT2D eigenvalue weighted by atomic mass is 16.5. The van der Waals surface area contributed by atoms with Crippen molar-refractivity contribution < 1.29 is 14.3 Å². The fraction of sp³-hybridized carbons (Fsp3) is 0.833. The monoisotopic (exact) mass is 227 g/mol. The molecule has 0 bridgehead atoms. The Hall–Kier alpha value is -1.06. The Labute approximate surface area is 96.7 Å². The Morgan fingerprint density at radius 2 is 2.25 bits per heavy atom. The topological polar surface area (TPSA) is 55.4 Å². The van der Waals surface area contributed by atoms with E-state index in [-0.39, 0.29) is 29.3 Å². The van der Waals surface area contributed by atoms with Gasteiger partial charge in [0.15, 0.2) is 0 Å². The number of esters is 1. The van der Waals surface area contributed by atoms with Crippen LogP contribution in [0.3, 0.4) is 0 Å². The normalized spacial score (nSPS) is 25.8. The average Bonchev–Trinajstić information content (AvgIpc) is 2.20. The zero-order valence-electron chi connectivity index (χ0n) is 10.5. The summed E-state index contributed by atoms with van der Waals surface area (Å²) in [6.07, 6.45) is 2.38. The molecule has 0 aromatic heterocycles. The maximum absolute atomic E-state index is 11.8. The fourth-order valence-corrected chi connectivity index (χ4v) is 2.11. The minimum absolute atomic E-state index is 0.0536. The van der Waals surface area contributed by atoms with Gasteiger partial charge < -0.3 is 10.1 Å². The van der Waals surface area contributed by atoms with Crippen LogP contribution in [0.25, 0.3) is 0 Å². The molecule has 1 aliphatic rings. The Morgan fingerprint density at radius 3 is 2.75 bits per heavy atom. The molecular weight excluding hydrogens is 206 g/mol. The molecule has 0 aromatic carbocycles. The lowest BCUT2D eigenvalue weighted by molar-refractivity contribution is -0.146. The van der Waals surface area contributed by atoms with Gasteiger partial charge in [0.2, 0.25) is 5.91 Å². The van der Waals surface area contributed by atoms with Crippen molar-refractivity contribution in [3.8, 4) is 0 Å². The molecule has 1 amide bonds. The number of hydrogen-bond acceptors (Lipinski definition) is 3. The lowest BCUT2D eigenvalue weighted by atomic mass is 9.82. The number of nitrogens with one attached hydrogen (secondary N) is 1. The van der Waals surface area contributed by atoms with Gasteiger partial charge in [-0.05, 0) is 33.1 Å². The number of amides is 1. The Bertz CT molecular complexity index is 286. The first kappa shape index (κ1) is 13.0. The maximum Gasteiger partial charge on any atom is 0.308 e. The van der Waals surface area contributed by atoms with Crippen molar-refractivity contribution in [2.75, 3.05) is 7.11 Å². The first-order valence-electron chi connectivity index (χ1n) is 5.75. The summed E-state index contributed by atoms with van der Waals surface area (Å²) in [6, 6.07) is 0. The number of piperidine rings is 1. The van der Waals surface area contributed by atoms with Crippen LogP contribution >= 0.6 is 0 Å². The van der Waals surface area contributed by atoms with Crippen LogP contribution in [0.15, 0.2) is 0 Å². The lowest BCUT2D eigenvalue weighted by Gasteiger charge is -2.35. The molecule has 92 valence electrons. The number of ether oxygens (including phenoxy) is 1. The third-order valence-electron chi connectivity index (χ3n) is 3.19. The van der Waals surface area contributed by atoms with Crippen LogP contribution in [0.1, 0.15) is 40.0 Å². The highest BCUT2D eigenvalue weighted by Crippen LogP contribution is 2.27. The van der Waals surface area contributed by atoms with Crippen molar-refractivity contribution >= 4 is 11.9 Å². The van der Waals surface area contributed by atoms with E-state index in [2.05, 4.69) is 10.1 Å². The van der Waals surface area contributed by atoms with Crippen LogP contribution < -0.4 is 5.32 Å². The highest BCUT2D eigenvalue weighted by Gasteiger charge is 2.34. The van der Waals surface area contributed by atoms with Crippen LogP contribution in [0.4, 0.5) is 0 Å². The summed E-state index contributed by atoms with van der Waals surface area (Å²) in [5.41, 5.74) is -0.109. The van der Waals surface area contributed by atoms with Crippen LogP contribution in [0, 0.1) is 11.8 Å². The fourth-order valence-electron chi connectivity index (χ4n) is 2.11. The van der Waals surface area contributed by atoms with Crippen LogP contribution in [-0.2, 0) is 14.3 Å². The summed E-state index contributed by atoms with van der Waals surface area (Å²) in [5, 5.41) is 2.98. The Balaban J connectivity index is 2.51. The molecule has 0 spiro atoms. The van der Waals surface area contributed by atoms with Gasteiger partial charge in [-0.2, -0.15) is 0 Å². The molecule has 1 heterocycles. The van der Waals surface area contributed by atoms with Gasteiger partial charge in [0.25, 0.3) is 0 Å². The van der Waals surface area contributed by atoms with E-state index in [4.69, 9.17) is 0 Å². The number of methoxy groups -OCH3 is 1. The second-order valence-electron chi connectivity index (χ2n) is 5.27. The third-order valence-corrected chi connectivity index (χ3v) is 3.19. The second kappa shape index (κ2) is 4.85. The van der Waals surface area contributed by atoms with Crippen molar-refractivity contribution in [2.45, 2.75) is 45.6 Å². The van der Waals surface area contributed by atoms with E-state index in [1.54, 1.807) is 6.92 Å². The second-order valence-corrected chi connectivity index (χ2v) is 5.27. The maximum atomic E-state index is 11.8. The molecule has 4 nitrogen and oxygen atoms in total. The van der Waals surface area contributed by atoms with Gasteiger partial charge in [-0.3, -0.25) is 9.59 Å². The number of carbonyl (C=O) groups is 2. The summed E-state index contributed by atoms with van der Waals surface area (Å²) in [7, 11) is 1.38. The Kier molecular flexibility index (Phi) is 3.94. The Morgan fingerprint density at radius 1 is 1.62 bits per heavy atom. The van der Waals surface area contributed by atoms with E-state index in [0.29, 0.717) is 6.42 Å². The molecule has 0 saturated carbocycles. The summed E-state index contributed by atoms with van der Waals surface area (Å²) in [4.78, 5) is 23.1. The molecule has 16 heavy (non-hydrogen) atoms. The van der Waals surface area contributed by atoms with Crippen molar-refractivity contribution in [3.05, 3.63) is 0 Å². The largest absolute Gasteiger partial charge is 0.469 e. The molecule has 0 radical (unpaired) electrons. The minimum Gasteiger partial charge on any atom is -0.469 e. The van der Waals surface area contributed by atoms with Crippen molar-refractivity contribution in [3.63, 3.8) is 0 Å². The van der Waals surface area contributed by atoms with E-state index < -0.39 is 0 Å². The van der Waals surface area contributed by atoms with Gasteiger partial charge in [-0.25, -0.2) is 0 Å². The molecular formula is C12H21NO3. The molecule has 1 rings (SSSR count). The number of carbonyl (C=O) groups excluding carboxylic acids is 2. The molecule has 1 fully saturated rings. The van der Waals surface area contributed by atoms with Crippen molar-refractivity contribution in [1.29, 1.82) is 0 Å². The van der Waals surface area contributed by atoms with E-state index in [1.807, 2.05) is 13.8 Å². The van der Waals surface area contributed by atoms with E-state index >= 15 is 0 Å². The first-order valence-corrected chi connectivity index (χ1v) is 5.75. The van der Waals surface area contributed by atoms with Crippen molar-refractivity contribution in [1.82, 2.24) is 5.32 Å². The minimum atomic E-state index is -0.238. The summed E-state index contributed by atoms with van der Waals surface area (Å²) < 4.78 is 4.66. The smallest absolute Gasteiger partial charge is 0.308 e. The molecule has 1 aliphatic heterocycles. The van der Waals surface area contributed by atoms with Gasteiger partial charge in [0.05, 0.1) is 13.0 Å². The zero-order chi connectivity index (χ0) is 12.3. The number of hydrogen-bond donors (Lipinski definition) is 1. The van der Waals surface area contributed by atoms with Crippen LogP contribution in [0.5, 0.6) is 0 Å². The SMILES string of the molecule is COC(=O)[C@@H](C)CC1CCC(C)(C)NC1=O. The van der Waals surface area contributed by atoms with E-state index in [9.17, 15) is 9.59 Å². The lowest BCUT2D eigenvalue weighted by Crippen LogP contribution is -2.51. The standard InChI is InChI=1S/C12H21NO3/c1-8(11(15)16-4)7-9-5-6-12(2,3)13-10(9)14/h8-9H,5-7H2,1-4H3,(H,13,14)/t8-,9?/m0/s1. The predicted octanol–water partition coefficient (Wildman–Crippen LogP) is 1.49. The van der Waals surface area contributed by atoms with Crippen LogP contribution in [0.2, 0.25) is 0 Å². The van der Waals surface area contributed by atoms with Gasteiger partial charge in [-0.1, -0.05) is 6.92 Å². The van der Waals surface area contributed by atoms with Crippen molar-refractivity contribution in [2.24, 2.45) is 11.8 Å². The first-order chi connectivity index (χ1) is 7.35. The number of rotatable bonds is 3. The van der Waals surface area contributed by atoms with Gasteiger partial charge >= 0.3 is 5.97 Å². The molecule has 4 heteroatoms. The summed E-state index contributed by atoms with van der Waals surface area (Å²) in [6.45, 7) is 5.84. The molecule has 0 aromatic rings. The summed E-state index contributed by atoms with van der Waals surface area (Å²) >= 11 is 0. The van der Waals surface area contributed by atoms with E-state index in [1.165, 1.54) is 7.11 Å². The van der Waals surface area contributed by atoms with Gasteiger partial charge in [-0.15, -0.1) is 0 Å². The highest BCUT2D eigenvalue weighted by molar-refractivity contribution is 5.81. The molecule has 1 unspecified atom stereocenters. The third kappa shape index (κ3) is 3.22. The predicted molar refractivity (Wildman–Crippen MR) is 60.7 cm³/mol.